The topological polar surface area (TPSA) is 17.1 Å². The van der Waals surface area contributed by atoms with E-state index < -0.39 is 0 Å². The molecule has 0 heterocycles. The minimum absolute atomic E-state index is 0. The largest absolute Gasteiger partial charge is 0.234 e. The van der Waals surface area contributed by atoms with E-state index in [0.29, 0.717) is 5.57 Å². The highest BCUT2D eigenvalue weighted by Gasteiger charge is 1.62. The molecule has 0 saturated heterocycles. The van der Waals surface area contributed by atoms with Crippen LogP contribution < -0.4 is 0 Å². The molecule has 0 aromatic carbocycles. The van der Waals surface area contributed by atoms with Gasteiger partial charge in [-0.15, -0.1) is 0 Å². The summed E-state index contributed by atoms with van der Waals surface area (Å²) in [7, 11) is 0. The standard InChI is InChI=1S/C4H6O.CH4/c1-4(2)3-5;/h1-2H3;1H4. The minimum Gasteiger partial charge on any atom is -0.234 e. The van der Waals surface area contributed by atoms with Gasteiger partial charge in [-0.2, -0.15) is 0 Å². The molecule has 0 aromatic heterocycles. The lowest BCUT2D eigenvalue weighted by Crippen LogP contribution is -1.56. The second-order valence-electron chi connectivity index (χ2n) is 1.10. The Hall–Kier alpha value is -0.550. The molecule has 0 rings (SSSR count). The number of hydrogen-bond donors (Lipinski definition) is 0. The van der Waals surface area contributed by atoms with Crippen molar-refractivity contribution in [2.45, 2.75) is 21.3 Å². The van der Waals surface area contributed by atoms with Gasteiger partial charge in [0.15, 0.2) is 0 Å². The van der Waals surface area contributed by atoms with E-state index >= 15 is 0 Å². The predicted molar refractivity (Wildman–Crippen MR) is 27.3 cm³/mol. The Bertz CT molecular complexity index is 64.0. The number of rotatable bonds is 0. The van der Waals surface area contributed by atoms with Crippen molar-refractivity contribution in [2.75, 3.05) is 0 Å². The van der Waals surface area contributed by atoms with Gasteiger partial charge in [0.25, 0.3) is 0 Å². The van der Waals surface area contributed by atoms with Crippen LogP contribution in [-0.4, -0.2) is 5.94 Å². The zero-order valence-electron chi connectivity index (χ0n) is 3.41. The quantitative estimate of drug-likeness (QED) is 0.407. The molecule has 0 aliphatic heterocycles. The summed E-state index contributed by atoms with van der Waals surface area (Å²) >= 11 is 0. The molecule has 0 spiro atoms. The van der Waals surface area contributed by atoms with Crippen LogP contribution in [-0.2, 0) is 4.79 Å². The summed E-state index contributed by atoms with van der Waals surface area (Å²) in [6, 6.07) is 0. The molecule has 0 fully saturated rings. The van der Waals surface area contributed by atoms with Gasteiger partial charge in [0.05, 0.1) is 0 Å². The van der Waals surface area contributed by atoms with E-state index in [-0.39, 0.29) is 7.43 Å². The highest BCUT2D eigenvalue weighted by Crippen LogP contribution is 1.72. The highest BCUT2D eigenvalue weighted by atomic mass is 16.1. The lowest BCUT2D eigenvalue weighted by atomic mass is 10.4. The first-order valence-electron chi connectivity index (χ1n) is 1.45. The van der Waals surface area contributed by atoms with Gasteiger partial charge in [0.2, 0.25) is 0 Å². The van der Waals surface area contributed by atoms with E-state index in [1.807, 2.05) is 0 Å². The smallest absolute Gasteiger partial charge is 0.122 e. The zero-order valence-corrected chi connectivity index (χ0v) is 3.41. The van der Waals surface area contributed by atoms with Crippen LogP contribution in [0.15, 0.2) is 5.57 Å². The van der Waals surface area contributed by atoms with E-state index in [0.717, 1.165) is 0 Å². The summed E-state index contributed by atoms with van der Waals surface area (Å²) in [5, 5.41) is 0. The summed E-state index contributed by atoms with van der Waals surface area (Å²) in [6.45, 7) is 3.43. The Balaban J connectivity index is 0. The molecule has 0 N–H and O–H groups in total. The molecule has 1 heteroatoms. The van der Waals surface area contributed by atoms with Gasteiger partial charge in [-0.25, -0.2) is 4.79 Å². The molecule has 1 nitrogen and oxygen atoms in total. The number of allylic oxidation sites excluding steroid dienone is 1. The van der Waals surface area contributed by atoms with Crippen LogP contribution in [0.4, 0.5) is 0 Å². The molecule has 0 bridgehead atoms. The third-order valence-electron chi connectivity index (χ3n) is 0.204. The second-order valence-corrected chi connectivity index (χ2v) is 1.10. The monoisotopic (exact) mass is 86.1 g/mol. The Kier molecular flexibility index (Phi) is 6.72. The van der Waals surface area contributed by atoms with Crippen molar-refractivity contribution in [1.29, 1.82) is 0 Å². The molecule has 0 aromatic rings. The first-order chi connectivity index (χ1) is 2.27. The maximum atomic E-state index is 9.34. The van der Waals surface area contributed by atoms with Gasteiger partial charge < -0.3 is 0 Å². The molecule has 0 aliphatic rings. The Morgan fingerprint density at radius 2 is 1.67 bits per heavy atom. The first-order valence-corrected chi connectivity index (χ1v) is 1.45. The van der Waals surface area contributed by atoms with E-state index in [4.69, 9.17) is 0 Å². The van der Waals surface area contributed by atoms with Crippen LogP contribution in [0.3, 0.4) is 0 Å². The Morgan fingerprint density at radius 1 is 1.50 bits per heavy atom. The minimum atomic E-state index is 0. The summed E-state index contributed by atoms with van der Waals surface area (Å²) < 4.78 is 0. The predicted octanol–water partition coefficient (Wildman–Crippen LogP) is 1.42. The maximum absolute atomic E-state index is 9.34. The van der Waals surface area contributed by atoms with Gasteiger partial charge in [-0.3, -0.25) is 0 Å². The molecular formula is C5H10O. The molecule has 0 radical (unpaired) electrons. The fourth-order valence-electron chi connectivity index (χ4n) is 0. The average Bonchev–Trinajstić information content (AvgIpc) is 1.38. The molecule has 0 atom stereocenters. The van der Waals surface area contributed by atoms with E-state index in [1.54, 1.807) is 19.8 Å². The van der Waals surface area contributed by atoms with Gasteiger partial charge in [-0.1, -0.05) is 7.43 Å². The molecule has 0 amide bonds. The van der Waals surface area contributed by atoms with E-state index in [2.05, 4.69) is 0 Å². The van der Waals surface area contributed by atoms with Crippen LogP contribution in [0.25, 0.3) is 0 Å². The summed E-state index contributed by atoms with van der Waals surface area (Å²) in [6.07, 6.45) is 0. The average molecular weight is 86.1 g/mol. The molecule has 0 aliphatic carbocycles. The van der Waals surface area contributed by atoms with Crippen molar-refractivity contribution < 1.29 is 4.79 Å². The fourth-order valence-corrected chi connectivity index (χ4v) is 0. The highest BCUT2D eigenvalue weighted by molar-refractivity contribution is 5.49. The number of hydrogen-bond acceptors (Lipinski definition) is 1. The molecule has 0 unspecified atom stereocenters. The van der Waals surface area contributed by atoms with Crippen molar-refractivity contribution in [3.8, 4) is 0 Å². The van der Waals surface area contributed by atoms with Crippen LogP contribution in [0.1, 0.15) is 21.3 Å². The summed E-state index contributed by atoms with van der Waals surface area (Å²) in [5.41, 5.74) is 0.699. The van der Waals surface area contributed by atoms with Crippen LogP contribution in [0, 0.1) is 0 Å². The van der Waals surface area contributed by atoms with Crippen molar-refractivity contribution >= 4 is 5.94 Å². The van der Waals surface area contributed by atoms with Gasteiger partial charge in [-0.05, 0) is 13.8 Å². The van der Waals surface area contributed by atoms with Crippen molar-refractivity contribution in [3.63, 3.8) is 0 Å². The van der Waals surface area contributed by atoms with Crippen LogP contribution >= 0.6 is 0 Å². The Morgan fingerprint density at radius 3 is 1.67 bits per heavy atom. The lowest BCUT2D eigenvalue weighted by molar-refractivity contribution is 0.567. The second kappa shape index (κ2) is 4.45. The fraction of sp³-hybridized carbons (Fsp3) is 0.600. The zero-order chi connectivity index (χ0) is 4.28. The molecule has 6 heavy (non-hydrogen) atoms. The van der Waals surface area contributed by atoms with E-state index in [9.17, 15) is 4.79 Å². The third kappa shape index (κ3) is 9.85. The van der Waals surface area contributed by atoms with Gasteiger partial charge in [0.1, 0.15) is 5.94 Å². The van der Waals surface area contributed by atoms with Gasteiger partial charge in [0, 0.05) is 5.57 Å². The first kappa shape index (κ1) is 9.07. The third-order valence-corrected chi connectivity index (χ3v) is 0.204. The van der Waals surface area contributed by atoms with Gasteiger partial charge >= 0.3 is 0 Å². The molecule has 0 saturated carbocycles. The van der Waals surface area contributed by atoms with Crippen LogP contribution in [0.5, 0.6) is 0 Å². The molecule has 36 valence electrons. The normalized spacial score (nSPS) is 5.00. The SMILES string of the molecule is C.CC(C)=C=O. The number of carbonyl (C=O) groups excluding carboxylic acids is 1. The Labute approximate surface area is 38.7 Å². The lowest BCUT2D eigenvalue weighted by Gasteiger charge is -1.62. The van der Waals surface area contributed by atoms with Crippen molar-refractivity contribution in [3.05, 3.63) is 5.57 Å². The summed E-state index contributed by atoms with van der Waals surface area (Å²) in [5.74, 6) is 1.69. The van der Waals surface area contributed by atoms with Crippen molar-refractivity contribution in [1.82, 2.24) is 0 Å². The van der Waals surface area contributed by atoms with E-state index in [1.165, 1.54) is 0 Å². The maximum Gasteiger partial charge on any atom is 0.122 e. The van der Waals surface area contributed by atoms with Crippen molar-refractivity contribution in [2.24, 2.45) is 0 Å². The molecular weight excluding hydrogens is 76.1 g/mol. The summed E-state index contributed by atoms with van der Waals surface area (Å²) in [4.78, 5) is 9.34. The van der Waals surface area contributed by atoms with Crippen LogP contribution in [0.2, 0.25) is 0 Å².